The van der Waals surface area contributed by atoms with Gasteiger partial charge in [-0.2, -0.15) is 0 Å². The van der Waals surface area contributed by atoms with Gasteiger partial charge < -0.3 is 14.8 Å². The summed E-state index contributed by atoms with van der Waals surface area (Å²) >= 11 is 0. The first-order chi connectivity index (χ1) is 21.1. The maximum absolute atomic E-state index is 12.5. The molecule has 0 unspecified atom stereocenters. The van der Waals surface area contributed by atoms with Gasteiger partial charge in [-0.1, -0.05) is 36.4 Å². The van der Waals surface area contributed by atoms with E-state index in [1.54, 1.807) is 12.1 Å². The molecular weight excluding hydrogens is 613 g/mol. The number of ether oxygens (including phenoxy) is 1. The number of hydrogen-bond donors (Lipinski definition) is 1. The van der Waals surface area contributed by atoms with E-state index in [1.807, 2.05) is 56.3 Å². The fraction of sp³-hybridized carbons (Fsp3) is 0.500. The topological polar surface area (TPSA) is 136 Å². The van der Waals surface area contributed by atoms with Crippen LogP contribution in [-0.2, 0) is 34.7 Å². The van der Waals surface area contributed by atoms with Gasteiger partial charge in [0.25, 0.3) is 0 Å². The van der Waals surface area contributed by atoms with Gasteiger partial charge in [-0.25, -0.2) is 21.8 Å². The van der Waals surface area contributed by atoms with Crippen molar-refractivity contribution in [3.8, 4) is 5.75 Å². The van der Waals surface area contributed by atoms with Crippen LogP contribution in [0.4, 0.5) is 11.4 Å². The van der Waals surface area contributed by atoms with E-state index in [4.69, 9.17) is 9.73 Å². The number of aldehydes is 2. The van der Waals surface area contributed by atoms with E-state index in [2.05, 4.69) is 5.32 Å². The summed E-state index contributed by atoms with van der Waals surface area (Å²) in [6.07, 6.45) is 10.8. The Morgan fingerprint density at radius 2 is 1.38 bits per heavy atom. The third-order valence-corrected chi connectivity index (χ3v) is 13.2. The Balaban J connectivity index is 1.53. The van der Waals surface area contributed by atoms with Crippen molar-refractivity contribution in [3.05, 3.63) is 59.7 Å². The second kappa shape index (κ2) is 12.1. The van der Waals surface area contributed by atoms with Crippen LogP contribution < -0.4 is 10.1 Å². The standard InChI is InChI=1S/C34H42N2O7S2/c1-32(2)29(13-10-24-8-6-5-7-9-24)35-31-27(36-33(22-37)18-14-25(15-19-33)44(3,39)40)11-12-28(30(31)32)43-34(23-38)20-16-26(17-21-34)45(4,41)42/h5-13,22-23,25-26,36H,14-21H2,1-4H3/b13-10+. The number of carbonyl (C=O) groups is 2. The van der Waals surface area contributed by atoms with Crippen molar-refractivity contribution in [2.24, 2.45) is 4.99 Å². The van der Waals surface area contributed by atoms with Crippen molar-refractivity contribution in [2.45, 2.75) is 92.3 Å². The number of allylic oxidation sites excluding steroid dienone is 1. The highest BCUT2D eigenvalue weighted by Crippen LogP contribution is 2.52. The zero-order valence-corrected chi connectivity index (χ0v) is 27.9. The van der Waals surface area contributed by atoms with E-state index in [9.17, 15) is 26.4 Å². The third-order valence-electron chi connectivity index (χ3n) is 9.82. The SMILES string of the molecule is CC1(C)C(/C=C/c2ccccc2)=Nc2c(NC3(C=O)CCC(S(C)(=O)=O)CC3)ccc(OC3(C=O)CCC(S(C)(=O)=O)CC3)c21. The minimum absolute atomic E-state index is 0.279. The fourth-order valence-electron chi connectivity index (χ4n) is 6.90. The van der Waals surface area contributed by atoms with Crippen LogP contribution in [0.2, 0.25) is 0 Å². The lowest BCUT2D eigenvalue weighted by atomic mass is 9.79. The van der Waals surface area contributed by atoms with Crippen LogP contribution in [0.25, 0.3) is 6.08 Å². The first-order valence-electron chi connectivity index (χ1n) is 15.4. The zero-order chi connectivity index (χ0) is 32.7. The Hall–Kier alpha value is -3.31. The van der Waals surface area contributed by atoms with Gasteiger partial charge >= 0.3 is 0 Å². The molecular formula is C34H42N2O7S2. The molecule has 2 aromatic carbocycles. The summed E-state index contributed by atoms with van der Waals surface area (Å²) < 4.78 is 55.3. The van der Waals surface area contributed by atoms with E-state index < -0.39 is 46.7 Å². The van der Waals surface area contributed by atoms with Crippen LogP contribution in [0.1, 0.15) is 76.3 Å². The molecule has 3 aliphatic rings. The number of sulfone groups is 2. The van der Waals surface area contributed by atoms with Gasteiger partial charge in [0.05, 0.1) is 33.1 Å². The number of carbonyl (C=O) groups excluding carboxylic acids is 2. The largest absolute Gasteiger partial charge is 0.479 e. The molecule has 45 heavy (non-hydrogen) atoms. The first kappa shape index (κ1) is 33.1. The lowest BCUT2D eigenvalue weighted by Gasteiger charge is -2.38. The molecule has 0 saturated heterocycles. The average molecular weight is 655 g/mol. The number of rotatable bonds is 10. The lowest BCUT2D eigenvalue weighted by Crippen LogP contribution is -2.46. The number of benzene rings is 2. The predicted octanol–water partition coefficient (Wildman–Crippen LogP) is 5.40. The molecule has 0 radical (unpaired) electrons. The summed E-state index contributed by atoms with van der Waals surface area (Å²) in [4.78, 5) is 30.1. The second-order valence-corrected chi connectivity index (χ2v) is 18.1. The van der Waals surface area contributed by atoms with Crippen molar-refractivity contribution in [1.29, 1.82) is 0 Å². The van der Waals surface area contributed by atoms with Gasteiger partial charge in [-0.3, -0.25) is 4.79 Å². The Morgan fingerprint density at radius 3 is 1.91 bits per heavy atom. The molecule has 0 spiro atoms. The zero-order valence-electron chi connectivity index (χ0n) is 26.3. The smallest absolute Gasteiger partial charge is 0.164 e. The van der Waals surface area contributed by atoms with Gasteiger partial charge in [0.2, 0.25) is 0 Å². The first-order valence-corrected chi connectivity index (χ1v) is 19.3. The van der Waals surface area contributed by atoms with Crippen molar-refractivity contribution < 1.29 is 31.2 Å². The quantitative estimate of drug-likeness (QED) is 0.336. The highest BCUT2D eigenvalue weighted by molar-refractivity contribution is 7.91. The minimum Gasteiger partial charge on any atom is -0.479 e. The molecule has 5 rings (SSSR count). The fourth-order valence-corrected chi connectivity index (χ4v) is 9.08. The van der Waals surface area contributed by atoms with Crippen LogP contribution in [-0.4, -0.2) is 69.3 Å². The molecule has 2 fully saturated rings. The number of aliphatic imine (C=N–C) groups is 1. The Labute approximate surface area is 266 Å². The Kier molecular flexibility index (Phi) is 8.91. The molecule has 1 aliphatic heterocycles. The maximum atomic E-state index is 12.5. The third kappa shape index (κ3) is 6.79. The Bertz CT molecular complexity index is 1730. The van der Waals surface area contributed by atoms with Crippen molar-refractivity contribution in [1.82, 2.24) is 0 Å². The summed E-state index contributed by atoms with van der Waals surface area (Å²) in [5.41, 5.74) is 0.988. The molecule has 11 heteroatoms. The minimum atomic E-state index is -3.23. The molecule has 0 aromatic heterocycles. The van der Waals surface area contributed by atoms with Crippen LogP contribution in [0.5, 0.6) is 5.75 Å². The van der Waals surface area contributed by atoms with Crippen LogP contribution >= 0.6 is 0 Å². The number of anilines is 1. The predicted molar refractivity (Wildman–Crippen MR) is 178 cm³/mol. The van der Waals surface area contributed by atoms with Gasteiger partial charge in [0.1, 0.15) is 31.7 Å². The molecule has 2 aliphatic carbocycles. The van der Waals surface area contributed by atoms with Crippen molar-refractivity contribution in [2.75, 3.05) is 17.8 Å². The van der Waals surface area contributed by atoms with Crippen LogP contribution in [0.15, 0.2) is 53.5 Å². The molecule has 2 saturated carbocycles. The molecule has 2 aromatic rings. The van der Waals surface area contributed by atoms with Crippen molar-refractivity contribution >= 4 is 55.4 Å². The van der Waals surface area contributed by atoms with Gasteiger partial charge in [0, 0.05) is 23.5 Å². The second-order valence-electron chi connectivity index (χ2n) is 13.4. The molecule has 0 bridgehead atoms. The van der Waals surface area contributed by atoms with Crippen LogP contribution in [0, 0.1) is 0 Å². The highest BCUT2D eigenvalue weighted by atomic mass is 32.2. The Morgan fingerprint density at radius 1 is 0.800 bits per heavy atom. The monoisotopic (exact) mass is 654 g/mol. The molecule has 1 heterocycles. The lowest BCUT2D eigenvalue weighted by molar-refractivity contribution is -0.124. The van der Waals surface area contributed by atoms with Crippen LogP contribution in [0.3, 0.4) is 0 Å². The van der Waals surface area contributed by atoms with E-state index in [0.717, 1.165) is 29.4 Å². The van der Waals surface area contributed by atoms with E-state index in [1.165, 1.54) is 12.5 Å². The number of nitrogens with one attached hydrogen (secondary N) is 1. The molecule has 9 nitrogen and oxygen atoms in total. The van der Waals surface area contributed by atoms with E-state index in [0.29, 0.717) is 55.6 Å². The highest BCUT2D eigenvalue weighted by Gasteiger charge is 2.45. The maximum Gasteiger partial charge on any atom is 0.164 e. The summed E-state index contributed by atoms with van der Waals surface area (Å²) in [5, 5.41) is 2.46. The van der Waals surface area contributed by atoms with E-state index in [-0.39, 0.29) is 12.8 Å². The molecule has 242 valence electrons. The summed E-state index contributed by atoms with van der Waals surface area (Å²) in [5.74, 6) is 0.484. The molecule has 0 atom stereocenters. The van der Waals surface area contributed by atoms with Gasteiger partial charge in [-0.05, 0) is 89.0 Å². The summed E-state index contributed by atoms with van der Waals surface area (Å²) in [7, 11) is -6.44. The molecule has 1 N–H and O–H groups in total. The number of nitrogens with zero attached hydrogens (tertiary/aromatic N) is 1. The van der Waals surface area contributed by atoms with Gasteiger partial charge in [0.15, 0.2) is 11.9 Å². The number of fused-ring (bicyclic) bond motifs is 1. The summed E-state index contributed by atoms with van der Waals surface area (Å²) in [6.45, 7) is 4.06. The normalized spacial score (nSPS) is 28.2. The molecule has 0 amide bonds. The van der Waals surface area contributed by atoms with E-state index >= 15 is 0 Å². The summed E-state index contributed by atoms with van der Waals surface area (Å²) in [6, 6.07) is 13.4. The van der Waals surface area contributed by atoms with Gasteiger partial charge in [-0.15, -0.1) is 0 Å². The average Bonchev–Trinajstić information content (AvgIpc) is 3.28. The van der Waals surface area contributed by atoms with Crippen molar-refractivity contribution in [3.63, 3.8) is 0 Å². The number of hydrogen-bond acceptors (Lipinski definition) is 9.